The Morgan fingerprint density at radius 2 is 1.84 bits per heavy atom. The molecular formula is C23H25N3O5. The predicted octanol–water partition coefficient (Wildman–Crippen LogP) is 1.90. The number of fused-ring (bicyclic) bond motifs is 1. The predicted molar refractivity (Wildman–Crippen MR) is 113 cm³/mol. The number of ether oxygens (including phenoxy) is 1. The smallest absolute Gasteiger partial charge is 0.265 e. The normalized spacial score (nSPS) is 23.3. The Morgan fingerprint density at radius 3 is 2.42 bits per heavy atom. The molecule has 0 saturated carbocycles. The summed E-state index contributed by atoms with van der Waals surface area (Å²) in [5, 5.41) is 1.35. The second-order valence-electron chi connectivity index (χ2n) is 7.80. The third-order valence-corrected chi connectivity index (χ3v) is 5.87. The van der Waals surface area contributed by atoms with E-state index < -0.39 is 29.9 Å². The van der Waals surface area contributed by atoms with Crippen LogP contribution in [-0.4, -0.2) is 42.5 Å². The van der Waals surface area contributed by atoms with Gasteiger partial charge in [-0.25, -0.2) is 4.90 Å². The van der Waals surface area contributed by atoms with Crippen LogP contribution >= 0.6 is 0 Å². The van der Waals surface area contributed by atoms with Crippen LogP contribution in [0.2, 0.25) is 0 Å². The van der Waals surface area contributed by atoms with E-state index >= 15 is 0 Å². The zero-order valence-corrected chi connectivity index (χ0v) is 17.7. The summed E-state index contributed by atoms with van der Waals surface area (Å²) in [6.07, 6.45) is -0.151. The van der Waals surface area contributed by atoms with Crippen LogP contribution in [0.4, 0.5) is 5.69 Å². The lowest BCUT2D eigenvalue weighted by molar-refractivity contribution is -0.175. The van der Waals surface area contributed by atoms with Crippen molar-refractivity contribution in [2.75, 3.05) is 18.6 Å². The fourth-order valence-electron chi connectivity index (χ4n) is 4.35. The maximum absolute atomic E-state index is 13.4. The molecule has 2 fully saturated rings. The first-order chi connectivity index (χ1) is 14.8. The van der Waals surface area contributed by atoms with Crippen molar-refractivity contribution in [2.45, 2.75) is 32.4 Å². The standard InChI is InChI=1S/C23H25N3O5/c1-4-14-5-8-16(9-6-14)26-22(28)19-20(15-7-10-17(30-3)13(2)11-15)25(12-18(24)27)31-21(19)23(26)29/h5-11,19-21H,4,12H2,1-3H3,(H2,24,27). The first-order valence-corrected chi connectivity index (χ1v) is 10.2. The third kappa shape index (κ3) is 3.58. The van der Waals surface area contributed by atoms with Gasteiger partial charge in [0, 0.05) is 0 Å². The minimum atomic E-state index is -1.01. The number of carbonyl (C=O) groups excluding carboxylic acids is 3. The van der Waals surface area contributed by atoms with Crippen molar-refractivity contribution in [2.24, 2.45) is 11.7 Å². The molecule has 8 nitrogen and oxygen atoms in total. The molecule has 2 aromatic rings. The summed E-state index contributed by atoms with van der Waals surface area (Å²) in [6, 6.07) is 12.2. The van der Waals surface area contributed by atoms with Crippen molar-refractivity contribution < 1.29 is 24.0 Å². The van der Waals surface area contributed by atoms with E-state index in [2.05, 4.69) is 0 Å². The average Bonchev–Trinajstić information content (AvgIpc) is 3.22. The van der Waals surface area contributed by atoms with Gasteiger partial charge in [0.2, 0.25) is 11.8 Å². The van der Waals surface area contributed by atoms with Crippen LogP contribution in [0.25, 0.3) is 0 Å². The lowest BCUT2D eigenvalue weighted by Crippen LogP contribution is -2.40. The molecule has 8 heteroatoms. The number of carbonyl (C=O) groups is 3. The molecule has 2 N–H and O–H groups in total. The van der Waals surface area contributed by atoms with Crippen LogP contribution in [0, 0.1) is 12.8 Å². The van der Waals surface area contributed by atoms with Gasteiger partial charge in [0.05, 0.1) is 24.8 Å². The lowest BCUT2D eigenvalue weighted by Gasteiger charge is -2.26. The summed E-state index contributed by atoms with van der Waals surface area (Å²) in [6.45, 7) is 3.69. The molecule has 2 heterocycles. The highest BCUT2D eigenvalue weighted by Gasteiger charge is 2.60. The summed E-state index contributed by atoms with van der Waals surface area (Å²) < 4.78 is 5.32. The van der Waals surface area contributed by atoms with E-state index in [9.17, 15) is 14.4 Å². The van der Waals surface area contributed by atoms with E-state index in [0.29, 0.717) is 11.4 Å². The number of benzene rings is 2. The topological polar surface area (TPSA) is 102 Å². The van der Waals surface area contributed by atoms with Crippen LogP contribution in [0.5, 0.6) is 5.75 Å². The van der Waals surface area contributed by atoms with Gasteiger partial charge in [0.25, 0.3) is 5.91 Å². The van der Waals surface area contributed by atoms with Crippen molar-refractivity contribution in [3.8, 4) is 5.75 Å². The molecule has 2 aromatic carbocycles. The Bertz CT molecular complexity index is 1040. The summed E-state index contributed by atoms with van der Waals surface area (Å²) in [4.78, 5) is 45.2. The minimum absolute atomic E-state index is 0.228. The summed E-state index contributed by atoms with van der Waals surface area (Å²) in [5.41, 5.74) is 8.63. The number of anilines is 1. The highest BCUT2D eigenvalue weighted by molar-refractivity contribution is 6.23. The minimum Gasteiger partial charge on any atom is -0.496 e. The van der Waals surface area contributed by atoms with Crippen molar-refractivity contribution in [3.05, 3.63) is 59.2 Å². The fraction of sp³-hybridized carbons (Fsp3) is 0.348. The molecule has 162 valence electrons. The van der Waals surface area contributed by atoms with Gasteiger partial charge < -0.3 is 10.5 Å². The highest BCUT2D eigenvalue weighted by atomic mass is 16.7. The van der Waals surface area contributed by atoms with Crippen LogP contribution < -0.4 is 15.4 Å². The van der Waals surface area contributed by atoms with Crippen molar-refractivity contribution >= 4 is 23.4 Å². The number of aryl methyl sites for hydroxylation is 2. The Labute approximate surface area is 180 Å². The van der Waals surface area contributed by atoms with E-state index in [1.165, 1.54) is 9.96 Å². The summed E-state index contributed by atoms with van der Waals surface area (Å²) in [5.74, 6) is -1.49. The quantitative estimate of drug-likeness (QED) is 0.712. The van der Waals surface area contributed by atoms with Gasteiger partial charge >= 0.3 is 0 Å². The maximum atomic E-state index is 13.4. The van der Waals surface area contributed by atoms with Crippen LogP contribution in [0.1, 0.15) is 29.7 Å². The molecule has 0 aromatic heterocycles. The van der Waals surface area contributed by atoms with Gasteiger partial charge in [0.15, 0.2) is 6.10 Å². The Kier molecular flexibility index (Phi) is 5.51. The van der Waals surface area contributed by atoms with E-state index in [0.717, 1.165) is 23.1 Å². The lowest BCUT2D eigenvalue weighted by atomic mass is 9.90. The third-order valence-electron chi connectivity index (χ3n) is 5.87. The largest absolute Gasteiger partial charge is 0.496 e. The number of rotatable bonds is 6. The molecule has 0 bridgehead atoms. The van der Waals surface area contributed by atoms with Crippen molar-refractivity contribution in [1.29, 1.82) is 0 Å². The summed E-state index contributed by atoms with van der Waals surface area (Å²) in [7, 11) is 1.58. The molecule has 0 spiro atoms. The van der Waals surface area contributed by atoms with E-state index in [1.807, 2.05) is 38.1 Å². The van der Waals surface area contributed by atoms with Gasteiger partial charge in [-0.1, -0.05) is 31.2 Å². The van der Waals surface area contributed by atoms with Gasteiger partial charge in [-0.05, 0) is 48.2 Å². The number of amides is 3. The molecule has 0 aliphatic carbocycles. The molecule has 3 atom stereocenters. The monoisotopic (exact) mass is 423 g/mol. The maximum Gasteiger partial charge on any atom is 0.265 e. The highest BCUT2D eigenvalue weighted by Crippen LogP contribution is 2.46. The number of methoxy groups -OCH3 is 1. The zero-order chi connectivity index (χ0) is 22.3. The molecule has 31 heavy (non-hydrogen) atoms. The molecule has 2 saturated heterocycles. The molecule has 2 aliphatic heterocycles. The van der Waals surface area contributed by atoms with E-state index in [-0.39, 0.29) is 12.5 Å². The number of hydrogen-bond donors (Lipinski definition) is 1. The second kappa shape index (κ2) is 8.13. The number of nitrogens with two attached hydrogens (primary N) is 1. The SMILES string of the molecule is CCc1ccc(N2C(=O)C3ON(CC(N)=O)C(c4ccc(OC)c(C)c4)C3C2=O)cc1. The Balaban J connectivity index is 1.72. The van der Waals surface area contributed by atoms with Crippen LogP contribution in [0.15, 0.2) is 42.5 Å². The molecule has 3 unspecified atom stereocenters. The Morgan fingerprint density at radius 1 is 1.13 bits per heavy atom. The number of hydrogen-bond acceptors (Lipinski definition) is 6. The van der Waals surface area contributed by atoms with Gasteiger partial charge in [-0.2, -0.15) is 5.06 Å². The zero-order valence-electron chi connectivity index (χ0n) is 17.7. The van der Waals surface area contributed by atoms with Crippen molar-refractivity contribution in [3.63, 3.8) is 0 Å². The molecule has 2 aliphatic rings. The van der Waals surface area contributed by atoms with Crippen LogP contribution in [-0.2, 0) is 25.6 Å². The van der Waals surface area contributed by atoms with E-state index in [4.69, 9.17) is 15.3 Å². The fourth-order valence-corrected chi connectivity index (χ4v) is 4.35. The first kappa shape index (κ1) is 21.0. The number of imide groups is 1. The van der Waals surface area contributed by atoms with Gasteiger partial charge in [-0.15, -0.1) is 0 Å². The molecule has 4 rings (SSSR count). The second-order valence-corrected chi connectivity index (χ2v) is 7.80. The summed E-state index contributed by atoms with van der Waals surface area (Å²) >= 11 is 0. The average molecular weight is 423 g/mol. The molecular weight excluding hydrogens is 398 g/mol. The Hall–Kier alpha value is -3.23. The molecule has 3 amide bonds. The molecule has 0 radical (unpaired) electrons. The number of nitrogens with zero attached hydrogens (tertiary/aromatic N) is 2. The first-order valence-electron chi connectivity index (χ1n) is 10.2. The van der Waals surface area contributed by atoms with Gasteiger partial charge in [0.1, 0.15) is 12.3 Å². The van der Waals surface area contributed by atoms with Gasteiger partial charge in [-0.3, -0.25) is 19.2 Å². The number of hydroxylamine groups is 2. The van der Waals surface area contributed by atoms with E-state index in [1.54, 1.807) is 25.3 Å². The van der Waals surface area contributed by atoms with Crippen molar-refractivity contribution in [1.82, 2.24) is 5.06 Å². The van der Waals surface area contributed by atoms with Crippen LogP contribution in [0.3, 0.4) is 0 Å². The number of primary amides is 1.